The molecule has 1 amide bonds. The Bertz CT molecular complexity index is 874. The Morgan fingerprint density at radius 1 is 1.08 bits per heavy atom. The molecule has 0 aliphatic carbocycles. The lowest BCUT2D eigenvalue weighted by molar-refractivity contribution is -0.0655. The van der Waals surface area contributed by atoms with Crippen LogP contribution < -0.4 is 4.74 Å². The number of fused-ring (bicyclic) bond motifs is 1. The van der Waals surface area contributed by atoms with Crippen LogP contribution in [-0.2, 0) is 6.54 Å². The Kier molecular flexibility index (Phi) is 5.55. The highest BCUT2D eigenvalue weighted by molar-refractivity contribution is 5.98. The van der Waals surface area contributed by atoms with E-state index in [9.17, 15) is 10.0 Å². The second kappa shape index (κ2) is 8.03. The summed E-state index contributed by atoms with van der Waals surface area (Å²) < 4.78 is 11.3. The van der Waals surface area contributed by atoms with Crippen LogP contribution in [0.15, 0.2) is 59.0 Å². The number of ether oxygens (including phenoxy) is 1. The number of para-hydroxylation sites is 2. The van der Waals surface area contributed by atoms with E-state index in [1.165, 1.54) is 0 Å². The quantitative estimate of drug-likeness (QED) is 0.520. The molecule has 0 saturated carbocycles. The first-order valence-corrected chi connectivity index (χ1v) is 8.40. The molecule has 3 rings (SSSR count). The minimum absolute atomic E-state index is 0.0339. The molecule has 1 N–H and O–H groups in total. The van der Waals surface area contributed by atoms with Crippen molar-refractivity contribution in [1.82, 2.24) is 9.96 Å². The number of rotatable bonds is 7. The third-order valence-electron chi connectivity index (χ3n) is 3.92. The molecule has 6 nitrogen and oxygen atoms in total. The third kappa shape index (κ3) is 4.04. The maximum atomic E-state index is 12.7. The van der Waals surface area contributed by atoms with Crippen molar-refractivity contribution < 1.29 is 19.2 Å². The van der Waals surface area contributed by atoms with Gasteiger partial charge in [0.2, 0.25) is 0 Å². The first kappa shape index (κ1) is 18.0. The molecule has 0 atom stereocenters. The summed E-state index contributed by atoms with van der Waals surface area (Å²) in [6, 6.07) is 16.7. The number of hydrogen-bond donors (Lipinski definition) is 1. The van der Waals surface area contributed by atoms with Crippen LogP contribution in [-0.4, -0.2) is 48.3 Å². The minimum atomic E-state index is -0.574. The van der Waals surface area contributed by atoms with Crippen molar-refractivity contribution >= 4 is 16.9 Å². The van der Waals surface area contributed by atoms with E-state index in [0.29, 0.717) is 22.9 Å². The van der Waals surface area contributed by atoms with Gasteiger partial charge in [0, 0.05) is 17.5 Å². The van der Waals surface area contributed by atoms with Gasteiger partial charge in [0.15, 0.2) is 5.76 Å². The number of amides is 1. The van der Waals surface area contributed by atoms with Crippen molar-refractivity contribution in [2.75, 3.05) is 27.2 Å². The predicted molar refractivity (Wildman–Crippen MR) is 98.4 cm³/mol. The number of carbonyl (C=O) groups is 1. The van der Waals surface area contributed by atoms with Gasteiger partial charge >= 0.3 is 5.91 Å². The molecule has 0 aliphatic heterocycles. The van der Waals surface area contributed by atoms with E-state index >= 15 is 0 Å². The Morgan fingerprint density at radius 2 is 1.77 bits per heavy atom. The van der Waals surface area contributed by atoms with E-state index < -0.39 is 5.91 Å². The van der Waals surface area contributed by atoms with Crippen LogP contribution in [0.3, 0.4) is 0 Å². The van der Waals surface area contributed by atoms with Crippen molar-refractivity contribution in [3.05, 3.63) is 65.9 Å². The fourth-order valence-corrected chi connectivity index (χ4v) is 2.73. The van der Waals surface area contributed by atoms with Crippen molar-refractivity contribution in [2.45, 2.75) is 6.54 Å². The molecule has 2 aromatic carbocycles. The van der Waals surface area contributed by atoms with Crippen LogP contribution in [0.4, 0.5) is 0 Å². The van der Waals surface area contributed by atoms with Gasteiger partial charge in [0.05, 0.1) is 6.54 Å². The second-order valence-corrected chi connectivity index (χ2v) is 6.23. The average Bonchev–Trinajstić information content (AvgIpc) is 3.00. The van der Waals surface area contributed by atoms with E-state index in [2.05, 4.69) is 0 Å². The normalized spacial score (nSPS) is 11.1. The van der Waals surface area contributed by atoms with E-state index in [4.69, 9.17) is 9.15 Å². The summed E-state index contributed by atoms with van der Waals surface area (Å²) >= 11 is 0. The maximum Gasteiger partial charge on any atom is 0.313 e. The highest BCUT2D eigenvalue weighted by Gasteiger charge is 2.24. The first-order chi connectivity index (χ1) is 12.6. The van der Waals surface area contributed by atoms with Gasteiger partial charge in [-0.2, -0.15) is 0 Å². The van der Waals surface area contributed by atoms with E-state index in [1.54, 1.807) is 0 Å². The fourth-order valence-electron chi connectivity index (χ4n) is 2.73. The average molecular weight is 354 g/mol. The van der Waals surface area contributed by atoms with Crippen molar-refractivity contribution in [3.63, 3.8) is 0 Å². The largest absolute Gasteiger partial charge is 0.492 e. The molecule has 0 radical (unpaired) electrons. The van der Waals surface area contributed by atoms with Crippen LogP contribution >= 0.6 is 0 Å². The minimum Gasteiger partial charge on any atom is -0.492 e. The molecule has 0 spiro atoms. The molecular weight excluding hydrogens is 332 g/mol. The summed E-state index contributed by atoms with van der Waals surface area (Å²) in [5, 5.41) is 11.7. The Labute approximate surface area is 152 Å². The van der Waals surface area contributed by atoms with Crippen LogP contribution in [0.5, 0.6) is 5.75 Å². The summed E-state index contributed by atoms with van der Waals surface area (Å²) in [6.07, 6.45) is 0. The Morgan fingerprint density at radius 3 is 2.50 bits per heavy atom. The molecule has 0 saturated heterocycles. The third-order valence-corrected chi connectivity index (χ3v) is 3.92. The zero-order valence-electron chi connectivity index (χ0n) is 14.9. The summed E-state index contributed by atoms with van der Waals surface area (Å²) in [5.41, 5.74) is 1.39. The molecule has 1 aromatic heterocycles. The zero-order valence-corrected chi connectivity index (χ0v) is 14.9. The standard InChI is InChI=1S/C20H22N2O4/c1-21(2)14-17-16-10-6-7-11-18(16)26-19(17)20(23)22(24)12-13-25-15-8-4-3-5-9-15/h3-11,24H,12-14H2,1-2H3. The van der Waals surface area contributed by atoms with Gasteiger partial charge in [0.1, 0.15) is 17.9 Å². The lowest BCUT2D eigenvalue weighted by Crippen LogP contribution is -2.32. The summed E-state index contributed by atoms with van der Waals surface area (Å²) in [5.74, 6) is 0.266. The second-order valence-electron chi connectivity index (χ2n) is 6.23. The highest BCUT2D eigenvalue weighted by atomic mass is 16.5. The number of furan rings is 1. The van der Waals surface area contributed by atoms with Gasteiger partial charge < -0.3 is 14.1 Å². The van der Waals surface area contributed by atoms with Crippen LogP contribution in [0, 0.1) is 0 Å². The van der Waals surface area contributed by atoms with E-state index in [-0.39, 0.29) is 18.9 Å². The molecule has 0 bridgehead atoms. The number of benzene rings is 2. The van der Waals surface area contributed by atoms with Crippen molar-refractivity contribution in [1.29, 1.82) is 0 Å². The molecule has 3 aromatic rings. The number of hydrogen-bond acceptors (Lipinski definition) is 5. The molecule has 26 heavy (non-hydrogen) atoms. The molecule has 0 unspecified atom stereocenters. The zero-order chi connectivity index (χ0) is 18.5. The molecule has 6 heteroatoms. The molecule has 1 heterocycles. The fraction of sp³-hybridized carbons (Fsp3) is 0.250. The van der Waals surface area contributed by atoms with Gasteiger partial charge in [-0.1, -0.05) is 36.4 Å². The molecule has 0 aliphatic rings. The molecular formula is C20H22N2O4. The van der Waals surface area contributed by atoms with Gasteiger partial charge in [-0.25, -0.2) is 5.06 Å². The predicted octanol–water partition coefficient (Wildman–Crippen LogP) is 3.40. The van der Waals surface area contributed by atoms with Crippen LogP contribution in [0.25, 0.3) is 11.0 Å². The lowest BCUT2D eigenvalue weighted by atomic mass is 10.1. The first-order valence-electron chi connectivity index (χ1n) is 8.40. The summed E-state index contributed by atoms with van der Waals surface area (Å²) in [7, 11) is 3.83. The number of nitrogens with zero attached hydrogens (tertiary/aromatic N) is 2. The monoisotopic (exact) mass is 354 g/mol. The Balaban J connectivity index is 1.73. The van der Waals surface area contributed by atoms with Crippen LogP contribution in [0.1, 0.15) is 16.1 Å². The van der Waals surface area contributed by atoms with Crippen molar-refractivity contribution in [2.24, 2.45) is 0 Å². The summed E-state index contributed by atoms with van der Waals surface area (Å²) in [4.78, 5) is 14.6. The van der Waals surface area contributed by atoms with Crippen LogP contribution in [0.2, 0.25) is 0 Å². The number of carbonyl (C=O) groups excluding carboxylic acids is 1. The Hall–Kier alpha value is -2.83. The molecule has 0 fully saturated rings. The van der Waals surface area contributed by atoms with Crippen molar-refractivity contribution in [3.8, 4) is 5.75 Å². The topological polar surface area (TPSA) is 66.2 Å². The number of hydroxylamine groups is 2. The van der Waals surface area contributed by atoms with Gasteiger partial charge in [-0.3, -0.25) is 10.0 Å². The van der Waals surface area contributed by atoms with Gasteiger partial charge in [-0.15, -0.1) is 0 Å². The molecule has 136 valence electrons. The van der Waals surface area contributed by atoms with Gasteiger partial charge in [-0.05, 0) is 32.3 Å². The van der Waals surface area contributed by atoms with Gasteiger partial charge in [0.25, 0.3) is 0 Å². The van der Waals surface area contributed by atoms with E-state index in [1.807, 2.05) is 73.6 Å². The maximum absolute atomic E-state index is 12.7. The smallest absolute Gasteiger partial charge is 0.313 e. The lowest BCUT2D eigenvalue weighted by Gasteiger charge is -2.16. The summed E-state index contributed by atoms with van der Waals surface area (Å²) in [6.45, 7) is 0.744. The highest BCUT2D eigenvalue weighted by Crippen LogP contribution is 2.27. The van der Waals surface area contributed by atoms with E-state index in [0.717, 1.165) is 10.9 Å². The SMILES string of the molecule is CN(C)Cc1c(C(=O)N(O)CCOc2ccccc2)oc2ccccc12.